The summed E-state index contributed by atoms with van der Waals surface area (Å²) in [5.41, 5.74) is 2.75. The van der Waals surface area contributed by atoms with Gasteiger partial charge in [-0.1, -0.05) is 87.8 Å². The topological polar surface area (TPSA) is 101 Å². The van der Waals surface area contributed by atoms with Crippen molar-refractivity contribution in [2.75, 3.05) is 0 Å². The van der Waals surface area contributed by atoms with Crippen LogP contribution in [0.25, 0.3) is 0 Å². The number of hydrogen-bond donors (Lipinski definition) is 2. The van der Waals surface area contributed by atoms with Gasteiger partial charge in [0.05, 0.1) is 6.10 Å². The van der Waals surface area contributed by atoms with E-state index in [1.807, 2.05) is 65.0 Å². The molecule has 1 aliphatic rings. The molecule has 0 saturated heterocycles. The van der Waals surface area contributed by atoms with Gasteiger partial charge in [-0.25, -0.2) is 9.59 Å². The van der Waals surface area contributed by atoms with E-state index in [1.54, 1.807) is 13.8 Å². The zero-order valence-corrected chi connectivity index (χ0v) is 24.2. The molecule has 2 N–H and O–H groups in total. The Balaban J connectivity index is 2.63. The van der Waals surface area contributed by atoms with Crippen LogP contribution < -0.4 is 0 Å². The third kappa shape index (κ3) is 12.0. The molecule has 1 aliphatic heterocycles. The van der Waals surface area contributed by atoms with Crippen molar-refractivity contribution in [3.05, 3.63) is 71.4 Å². The van der Waals surface area contributed by atoms with Crippen LogP contribution in [-0.2, 0) is 19.1 Å². The van der Waals surface area contributed by atoms with Crippen LogP contribution >= 0.6 is 0 Å². The number of ether oxygens (including phenoxy) is 1. The van der Waals surface area contributed by atoms with Gasteiger partial charge >= 0.3 is 11.9 Å². The van der Waals surface area contributed by atoms with Crippen molar-refractivity contribution in [1.29, 1.82) is 0 Å². The molecule has 0 spiro atoms. The van der Waals surface area contributed by atoms with Crippen LogP contribution in [0.5, 0.6) is 0 Å². The Morgan fingerprint density at radius 2 is 1.68 bits per heavy atom. The fraction of sp³-hybridized carbons (Fsp3) is 0.531. The van der Waals surface area contributed by atoms with E-state index in [0.29, 0.717) is 17.9 Å². The van der Waals surface area contributed by atoms with Crippen molar-refractivity contribution in [3.8, 4) is 0 Å². The third-order valence-corrected chi connectivity index (χ3v) is 6.81. The summed E-state index contributed by atoms with van der Waals surface area (Å²) in [6.45, 7) is 15.3. The molecule has 0 unspecified atom stereocenters. The van der Waals surface area contributed by atoms with Crippen molar-refractivity contribution in [2.24, 2.45) is 29.6 Å². The number of carbonyl (C=O) groups excluding carboxylic acids is 2. The molecular weight excluding hydrogens is 480 g/mol. The highest BCUT2D eigenvalue weighted by molar-refractivity contribution is 5.85. The number of rotatable bonds is 14. The monoisotopic (exact) mass is 526 g/mol. The van der Waals surface area contributed by atoms with E-state index >= 15 is 0 Å². The standard InChI is InChI=1S/C32H46O6/c1-20(16-22(3)12-14-28-24(5)13-15-30(35)38-28)10-9-11-21(2)17-25(6)31(36)27(8)32(37)26(7)18-23(4)19-29(33)34/h9,11-17,19-20,24-28,32,37H,10,18H2,1-8H3,(H,33,34)/b11-9+,14-12+,21-17+,22-16-,23-19+/t20-,24-,25+,26-,27+,28+,32-/m1/s1. The second kappa shape index (κ2) is 16.1. The Hall–Kier alpha value is -2.99. The summed E-state index contributed by atoms with van der Waals surface area (Å²) in [5, 5.41) is 19.5. The van der Waals surface area contributed by atoms with Gasteiger partial charge in [-0.3, -0.25) is 4.79 Å². The number of aliphatic hydroxyl groups excluding tert-OH is 1. The molecule has 38 heavy (non-hydrogen) atoms. The summed E-state index contributed by atoms with van der Waals surface area (Å²) in [7, 11) is 0. The van der Waals surface area contributed by atoms with Crippen molar-refractivity contribution in [1.82, 2.24) is 0 Å². The van der Waals surface area contributed by atoms with Crippen LogP contribution in [0, 0.1) is 29.6 Å². The van der Waals surface area contributed by atoms with Gasteiger partial charge in [-0.15, -0.1) is 0 Å². The fourth-order valence-corrected chi connectivity index (χ4v) is 4.63. The molecule has 1 heterocycles. The Morgan fingerprint density at radius 1 is 1.05 bits per heavy atom. The van der Waals surface area contributed by atoms with Gasteiger partial charge in [0.25, 0.3) is 0 Å². The molecule has 0 amide bonds. The number of aliphatic carboxylic acids is 1. The lowest BCUT2D eigenvalue weighted by Crippen LogP contribution is -2.34. The highest BCUT2D eigenvalue weighted by Gasteiger charge is 2.29. The minimum atomic E-state index is -1.01. The maximum Gasteiger partial charge on any atom is 0.331 e. The van der Waals surface area contributed by atoms with E-state index in [-0.39, 0.29) is 35.6 Å². The number of esters is 1. The molecule has 0 saturated carbocycles. The normalized spacial score (nSPS) is 23.3. The second-order valence-corrected chi connectivity index (χ2v) is 10.9. The molecule has 1 rings (SSSR count). The lowest BCUT2D eigenvalue weighted by molar-refractivity contribution is -0.143. The Labute approximate surface area is 228 Å². The van der Waals surface area contributed by atoms with E-state index in [4.69, 9.17) is 9.84 Å². The average molecular weight is 527 g/mol. The fourth-order valence-electron chi connectivity index (χ4n) is 4.63. The summed E-state index contributed by atoms with van der Waals surface area (Å²) < 4.78 is 5.34. The summed E-state index contributed by atoms with van der Waals surface area (Å²) in [4.78, 5) is 35.2. The van der Waals surface area contributed by atoms with Crippen LogP contribution in [0.1, 0.15) is 68.2 Å². The number of aliphatic hydroxyl groups is 1. The van der Waals surface area contributed by atoms with Gasteiger partial charge in [0.15, 0.2) is 0 Å². The quantitative estimate of drug-likeness (QED) is 0.154. The molecule has 0 aromatic heterocycles. The Bertz CT molecular complexity index is 1010. The van der Waals surface area contributed by atoms with Crippen LogP contribution in [0.15, 0.2) is 71.4 Å². The van der Waals surface area contributed by atoms with Crippen LogP contribution in [0.2, 0.25) is 0 Å². The molecular formula is C32H46O6. The molecule has 210 valence electrons. The average Bonchev–Trinajstić information content (AvgIpc) is 2.82. The number of carboxylic acid groups (broad SMARTS) is 1. The molecule has 0 aliphatic carbocycles. The van der Waals surface area contributed by atoms with Crippen molar-refractivity contribution in [2.45, 2.75) is 80.4 Å². The van der Waals surface area contributed by atoms with E-state index in [9.17, 15) is 19.5 Å². The third-order valence-electron chi connectivity index (χ3n) is 6.81. The Morgan fingerprint density at radius 3 is 2.32 bits per heavy atom. The maximum absolute atomic E-state index is 12.9. The lowest BCUT2D eigenvalue weighted by atomic mass is 9.83. The van der Waals surface area contributed by atoms with Crippen LogP contribution in [-0.4, -0.2) is 40.1 Å². The molecule has 0 fully saturated rings. The van der Waals surface area contributed by atoms with Crippen molar-refractivity contribution in [3.63, 3.8) is 0 Å². The van der Waals surface area contributed by atoms with Crippen molar-refractivity contribution >= 4 is 17.7 Å². The molecule has 6 heteroatoms. The number of carboxylic acids is 1. The Kier molecular flexibility index (Phi) is 14.0. The van der Waals surface area contributed by atoms with Gasteiger partial charge in [0.2, 0.25) is 0 Å². The number of cyclic esters (lactones) is 1. The van der Waals surface area contributed by atoms with E-state index in [0.717, 1.165) is 23.6 Å². The van der Waals surface area contributed by atoms with Gasteiger partial charge in [0.1, 0.15) is 11.9 Å². The number of hydrogen-bond acceptors (Lipinski definition) is 5. The number of ketones is 1. The predicted octanol–water partition coefficient (Wildman–Crippen LogP) is 6.39. The maximum atomic E-state index is 12.9. The molecule has 0 radical (unpaired) electrons. The first-order valence-corrected chi connectivity index (χ1v) is 13.4. The number of Topliss-reactive ketones (excluding diaryl/α,β-unsaturated/α-hetero) is 1. The highest BCUT2D eigenvalue weighted by Crippen LogP contribution is 2.24. The van der Waals surface area contributed by atoms with Crippen LogP contribution in [0.4, 0.5) is 0 Å². The van der Waals surface area contributed by atoms with Gasteiger partial charge < -0.3 is 14.9 Å². The number of allylic oxidation sites excluding steroid dienone is 8. The second-order valence-electron chi connectivity index (χ2n) is 10.9. The largest absolute Gasteiger partial charge is 0.478 e. The summed E-state index contributed by atoms with van der Waals surface area (Å²) in [5.74, 6) is -2.02. The number of carbonyl (C=O) groups is 3. The summed E-state index contributed by atoms with van der Waals surface area (Å²) in [6, 6.07) is 0. The van der Waals surface area contributed by atoms with Crippen LogP contribution in [0.3, 0.4) is 0 Å². The van der Waals surface area contributed by atoms with Gasteiger partial charge in [0, 0.05) is 29.9 Å². The van der Waals surface area contributed by atoms with Gasteiger partial charge in [-0.2, -0.15) is 0 Å². The first-order valence-electron chi connectivity index (χ1n) is 13.4. The summed E-state index contributed by atoms with van der Waals surface area (Å²) >= 11 is 0. The highest BCUT2D eigenvalue weighted by atomic mass is 16.5. The zero-order valence-electron chi connectivity index (χ0n) is 24.2. The smallest absolute Gasteiger partial charge is 0.331 e. The minimum Gasteiger partial charge on any atom is -0.478 e. The molecule has 0 aromatic rings. The molecule has 0 aromatic carbocycles. The SMILES string of the molecule is CC(=C/[C@H](C)C/C=C/C(C)=C/[C@H](C)C(=O)[C@H](C)[C@H](O)[C@H](C)C/C(C)=C/C(=O)O)/C=C/[C@@H]1OC(=O)C=C[C@H]1C. The first kappa shape index (κ1) is 33.0. The van der Waals surface area contributed by atoms with Gasteiger partial charge in [-0.05, 0) is 51.5 Å². The first-order chi connectivity index (χ1) is 17.7. The molecule has 6 nitrogen and oxygen atoms in total. The predicted molar refractivity (Wildman–Crippen MR) is 152 cm³/mol. The van der Waals surface area contributed by atoms with E-state index in [2.05, 4.69) is 19.1 Å². The molecule has 7 atom stereocenters. The lowest BCUT2D eigenvalue weighted by Gasteiger charge is -2.25. The summed E-state index contributed by atoms with van der Waals surface area (Å²) in [6.07, 6.45) is 16.8. The van der Waals surface area contributed by atoms with E-state index in [1.165, 1.54) is 6.08 Å². The molecule has 0 bridgehead atoms. The zero-order chi connectivity index (χ0) is 29.0. The van der Waals surface area contributed by atoms with E-state index < -0.39 is 18.0 Å². The van der Waals surface area contributed by atoms with Crippen molar-refractivity contribution < 1.29 is 29.3 Å². The minimum absolute atomic E-state index is 0.0378.